The summed E-state index contributed by atoms with van der Waals surface area (Å²) in [5.74, 6) is 0. The van der Waals surface area contributed by atoms with E-state index in [1.54, 1.807) is 0 Å². The van der Waals surface area contributed by atoms with Crippen LogP contribution in [0.15, 0.2) is 0 Å². The lowest BCUT2D eigenvalue weighted by molar-refractivity contribution is 0.0839. The lowest BCUT2D eigenvalue weighted by Crippen LogP contribution is -2.28. The zero-order valence-corrected chi connectivity index (χ0v) is 17.7. The van der Waals surface area contributed by atoms with Crippen molar-refractivity contribution >= 4 is 19.5 Å². The van der Waals surface area contributed by atoms with Crippen LogP contribution < -0.4 is 0 Å². The van der Waals surface area contributed by atoms with E-state index in [-0.39, 0.29) is 30.7 Å². The van der Waals surface area contributed by atoms with E-state index in [1.807, 2.05) is 0 Å². The summed E-state index contributed by atoms with van der Waals surface area (Å²) in [5, 5.41) is 0. The number of rotatable bonds is 13. The van der Waals surface area contributed by atoms with Crippen LogP contribution in [0, 0.1) is 0 Å². The highest BCUT2D eigenvalue weighted by Crippen LogP contribution is 2.20. The van der Waals surface area contributed by atoms with Gasteiger partial charge in [-0.05, 0) is 51.6 Å². The van der Waals surface area contributed by atoms with Crippen LogP contribution in [-0.4, -0.2) is 30.7 Å². The first-order valence-corrected chi connectivity index (χ1v) is 11.9. The molecule has 0 bridgehead atoms. The van der Waals surface area contributed by atoms with E-state index in [4.69, 9.17) is 8.85 Å². The molecule has 0 aliphatic heterocycles. The summed E-state index contributed by atoms with van der Waals surface area (Å²) >= 11 is 0. The average Bonchev–Trinajstić information content (AvgIpc) is 2.49. The minimum atomic E-state index is -0.311. The summed E-state index contributed by atoms with van der Waals surface area (Å²) in [4.78, 5) is 0. The van der Waals surface area contributed by atoms with Crippen LogP contribution in [0.1, 0.15) is 80.1 Å². The zero-order valence-electron chi connectivity index (χ0n) is 14.9. The maximum Gasteiger partial charge on any atom is 0.162 e. The fourth-order valence-corrected chi connectivity index (χ4v) is 5.31. The molecule has 0 atom stereocenters. The Kier molecular flexibility index (Phi) is 11.2. The third-order valence-corrected chi connectivity index (χ3v) is 8.31. The predicted octanol–water partition coefficient (Wildman–Crippen LogP) is 3.96. The van der Waals surface area contributed by atoms with E-state index in [0.717, 1.165) is 25.7 Å². The summed E-state index contributed by atoms with van der Waals surface area (Å²) in [5.41, 5.74) is 0.322. The number of unbranched alkanes of at least 4 members (excludes halogenated alkanes) is 1. The molecule has 2 nitrogen and oxygen atoms in total. The minimum absolute atomic E-state index is 0.161. The van der Waals surface area contributed by atoms with Crippen LogP contribution in [-0.2, 0) is 8.85 Å². The van der Waals surface area contributed by atoms with Crippen LogP contribution >= 0.6 is 0 Å². The first-order chi connectivity index (χ1) is 9.45. The molecule has 0 aliphatic rings. The Balaban J connectivity index is 3.50. The molecule has 0 aromatic rings. The topological polar surface area (TPSA) is 18.5 Å². The van der Waals surface area contributed by atoms with Crippen molar-refractivity contribution in [3.63, 3.8) is 0 Å². The first-order valence-electron chi connectivity index (χ1n) is 8.73. The van der Waals surface area contributed by atoms with E-state index in [9.17, 15) is 0 Å². The molecule has 0 heterocycles. The molecule has 0 saturated carbocycles. The normalized spacial score (nSPS) is 14.1. The Hall–Kier alpha value is 0.354. The van der Waals surface area contributed by atoms with Gasteiger partial charge in [-0.1, -0.05) is 40.5 Å². The van der Waals surface area contributed by atoms with Crippen LogP contribution in [0.4, 0.5) is 0 Å². The Bertz CT molecular complexity index is 203. The van der Waals surface area contributed by atoms with Crippen LogP contribution in [0.2, 0.25) is 12.1 Å². The van der Waals surface area contributed by atoms with E-state index < -0.39 is 0 Å². The largest absolute Gasteiger partial charge is 0.419 e. The highest BCUT2D eigenvalue weighted by molar-refractivity contribution is 6.28. The van der Waals surface area contributed by atoms with E-state index in [1.165, 1.54) is 24.9 Å². The molecule has 20 heavy (non-hydrogen) atoms. The number of hydrogen-bond donors (Lipinski definition) is 0. The second-order valence-corrected chi connectivity index (χ2v) is 9.23. The van der Waals surface area contributed by atoms with Crippen molar-refractivity contribution in [1.82, 2.24) is 0 Å². The summed E-state index contributed by atoms with van der Waals surface area (Å²) in [7, 11) is -0.621. The molecule has 0 spiro atoms. The molecule has 0 rings (SSSR count). The molecule has 0 aliphatic carbocycles. The van der Waals surface area contributed by atoms with Crippen molar-refractivity contribution in [2.24, 2.45) is 0 Å². The van der Waals surface area contributed by atoms with Gasteiger partial charge < -0.3 is 8.85 Å². The molecule has 4 heteroatoms. The maximum absolute atomic E-state index is 6.14. The lowest BCUT2D eigenvalue weighted by Gasteiger charge is -2.28. The predicted molar refractivity (Wildman–Crippen MR) is 96.1 cm³/mol. The van der Waals surface area contributed by atoms with Crippen molar-refractivity contribution < 1.29 is 8.85 Å². The Morgan fingerprint density at radius 3 is 1.20 bits per heavy atom. The molecule has 0 aromatic heterocycles. The van der Waals surface area contributed by atoms with E-state index >= 15 is 0 Å². The van der Waals surface area contributed by atoms with Gasteiger partial charge >= 0.3 is 0 Å². The van der Waals surface area contributed by atoms with Gasteiger partial charge in [-0.15, -0.1) is 0 Å². The van der Waals surface area contributed by atoms with Gasteiger partial charge in [-0.2, -0.15) is 0 Å². The van der Waals surface area contributed by atoms with Crippen molar-refractivity contribution in [3.8, 4) is 0 Å². The molecule has 0 fully saturated rings. The molecule has 0 unspecified atom stereocenters. The Morgan fingerprint density at radius 2 is 0.950 bits per heavy atom. The summed E-state index contributed by atoms with van der Waals surface area (Å²) < 4.78 is 12.3. The molecule has 0 radical (unpaired) electrons. The molecular formula is C16H38O2Si2. The van der Waals surface area contributed by atoms with Gasteiger partial charge in [0.2, 0.25) is 0 Å². The SMILES string of the molecule is CCC(C)(CC)O[SiH2]CCCC[SiH2]OC(C)(CC)CC. The molecule has 0 N–H and O–H groups in total. The second kappa shape index (κ2) is 11.0. The fraction of sp³-hybridized carbons (Fsp3) is 1.00. The molecular weight excluding hydrogens is 280 g/mol. The maximum atomic E-state index is 6.14. The van der Waals surface area contributed by atoms with Gasteiger partial charge in [0.25, 0.3) is 0 Å². The van der Waals surface area contributed by atoms with Gasteiger partial charge in [0.05, 0.1) is 11.2 Å². The number of hydrogen-bond acceptors (Lipinski definition) is 2. The van der Waals surface area contributed by atoms with Crippen LogP contribution in [0.25, 0.3) is 0 Å². The summed E-state index contributed by atoms with van der Waals surface area (Å²) in [6.45, 7) is 13.5. The van der Waals surface area contributed by atoms with E-state index in [2.05, 4.69) is 41.5 Å². The average molecular weight is 319 g/mol. The van der Waals surface area contributed by atoms with Crippen LogP contribution in [0.5, 0.6) is 0 Å². The van der Waals surface area contributed by atoms with Crippen molar-refractivity contribution in [3.05, 3.63) is 0 Å². The highest BCUT2D eigenvalue weighted by Gasteiger charge is 2.19. The molecule has 122 valence electrons. The van der Waals surface area contributed by atoms with Gasteiger partial charge in [0.15, 0.2) is 19.5 Å². The van der Waals surface area contributed by atoms with Crippen molar-refractivity contribution in [2.75, 3.05) is 0 Å². The van der Waals surface area contributed by atoms with Gasteiger partial charge in [0, 0.05) is 0 Å². The summed E-state index contributed by atoms with van der Waals surface area (Å²) in [6, 6.07) is 2.67. The standard InChI is InChI=1S/C16H38O2Si2/c1-7-15(5,8-2)17-19-13-11-12-14-20-18-16(6,9-3)10-4/h7-14,19-20H2,1-6H3. The third kappa shape index (κ3) is 8.60. The third-order valence-electron chi connectivity index (χ3n) is 4.93. The van der Waals surface area contributed by atoms with Gasteiger partial charge in [-0.25, -0.2) is 0 Å². The smallest absolute Gasteiger partial charge is 0.162 e. The fourth-order valence-electron chi connectivity index (χ4n) is 2.10. The summed E-state index contributed by atoms with van der Waals surface area (Å²) in [6.07, 6.45) is 7.27. The lowest BCUT2D eigenvalue weighted by atomic mass is 10.0. The molecule has 0 saturated heterocycles. The van der Waals surface area contributed by atoms with Gasteiger partial charge in [0.1, 0.15) is 0 Å². The zero-order chi connectivity index (χ0) is 15.5. The highest BCUT2D eigenvalue weighted by atomic mass is 28.2. The monoisotopic (exact) mass is 318 g/mol. The van der Waals surface area contributed by atoms with Crippen molar-refractivity contribution in [2.45, 2.75) is 103 Å². The van der Waals surface area contributed by atoms with Crippen molar-refractivity contribution in [1.29, 1.82) is 0 Å². The Morgan fingerprint density at radius 1 is 0.650 bits per heavy atom. The molecule has 0 amide bonds. The quantitative estimate of drug-likeness (QED) is 0.378. The van der Waals surface area contributed by atoms with E-state index in [0.29, 0.717) is 0 Å². The Labute approximate surface area is 132 Å². The van der Waals surface area contributed by atoms with Gasteiger partial charge in [-0.3, -0.25) is 0 Å². The molecule has 0 aromatic carbocycles. The second-order valence-electron chi connectivity index (χ2n) is 6.43. The van der Waals surface area contributed by atoms with Crippen LogP contribution in [0.3, 0.4) is 0 Å². The first kappa shape index (κ1) is 20.4. The minimum Gasteiger partial charge on any atom is -0.419 e.